The molecule has 0 amide bonds. The maximum absolute atomic E-state index is 5.06. The molecule has 1 aromatic heterocycles. The van der Waals surface area contributed by atoms with E-state index in [1.165, 1.54) is 22.3 Å². The van der Waals surface area contributed by atoms with Crippen LogP contribution in [0.4, 0.5) is 0 Å². The zero-order valence-corrected chi connectivity index (χ0v) is 23.3. The van der Waals surface area contributed by atoms with Crippen LogP contribution >= 0.6 is 0 Å². The number of rotatable bonds is 5. The van der Waals surface area contributed by atoms with Gasteiger partial charge in [0.25, 0.3) is 0 Å². The largest absolute Gasteiger partial charge is 0.208 e. The van der Waals surface area contributed by atoms with Gasteiger partial charge in [0.1, 0.15) is 0 Å². The highest BCUT2D eigenvalue weighted by molar-refractivity contribution is 5.76. The van der Waals surface area contributed by atoms with E-state index in [1.54, 1.807) is 0 Å². The molecule has 3 heteroatoms. The first kappa shape index (κ1) is 25.4. The summed E-state index contributed by atoms with van der Waals surface area (Å²) >= 11 is 0. The zero-order valence-electron chi connectivity index (χ0n) is 23.3. The van der Waals surface area contributed by atoms with Crippen molar-refractivity contribution in [1.82, 2.24) is 15.0 Å². The van der Waals surface area contributed by atoms with Gasteiger partial charge in [0, 0.05) is 16.7 Å². The zero-order chi connectivity index (χ0) is 27.6. The van der Waals surface area contributed by atoms with Crippen LogP contribution in [0.25, 0.3) is 56.4 Å². The topological polar surface area (TPSA) is 38.7 Å². The molecular formula is C37H31N3. The summed E-state index contributed by atoms with van der Waals surface area (Å²) in [6.07, 6.45) is 0. The Balaban J connectivity index is 1.53. The predicted octanol–water partition coefficient (Wildman–Crippen LogP) is 9.44. The van der Waals surface area contributed by atoms with Gasteiger partial charge in [0.05, 0.1) is 0 Å². The number of hydrogen-bond acceptors (Lipinski definition) is 3. The van der Waals surface area contributed by atoms with Crippen LogP contribution in [0.15, 0.2) is 115 Å². The smallest absolute Gasteiger partial charge is 0.164 e. The van der Waals surface area contributed by atoms with Crippen molar-refractivity contribution in [3.63, 3.8) is 0 Å². The van der Waals surface area contributed by atoms with Gasteiger partial charge in [-0.15, -0.1) is 0 Å². The Hall–Kier alpha value is -4.89. The lowest BCUT2D eigenvalue weighted by Gasteiger charge is -2.12. The molecule has 0 radical (unpaired) electrons. The van der Waals surface area contributed by atoms with Gasteiger partial charge >= 0.3 is 0 Å². The van der Waals surface area contributed by atoms with Crippen molar-refractivity contribution in [3.05, 3.63) is 138 Å². The van der Waals surface area contributed by atoms with Crippen LogP contribution < -0.4 is 0 Å². The molecule has 0 saturated carbocycles. The molecule has 6 rings (SSSR count). The molecule has 0 unspecified atom stereocenters. The maximum atomic E-state index is 5.06. The molecule has 0 bridgehead atoms. The fourth-order valence-electron chi connectivity index (χ4n) is 5.16. The first-order valence-electron chi connectivity index (χ1n) is 13.6. The van der Waals surface area contributed by atoms with E-state index in [0.717, 1.165) is 38.9 Å². The summed E-state index contributed by atoms with van der Waals surface area (Å²) in [5, 5.41) is 0. The van der Waals surface area contributed by atoms with E-state index in [-0.39, 0.29) is 0 Å². The SMILES string of the molecule is Cc1cccc(-c2cc(C)cc(-c3nc(-c4ccccc4)nc(-c4cc(C)cc(-c5cccc(C)c5)c4)n3)c2)c1. The summed E-state index contributed by atoms with van der Waals surface area (Å²) in [6.45, 7) is 8.49. The minimum absolute atomic E-state index is 0.665. The molecule has 3 nitrogen and oxygen atoms in total. The second kappa shape index (κ2) is 10.7. The van der Waals surface area contributed by atoms with Gasteiger partial charge in [-0.2, -0.15) is 0 Å². The van der Waals surface area contributed by atoms with Gasteiger partial charge in [-0.1, -0.05) is 102 Å². The van der Waals surface area contributed by atoms with Gasteiger partial charge < -0.3 is 0 Å². The molecule has 0 atom stereocenters. The van der Waals surface area contributed by atoms with Crippen LogP contribution in [0.1, 0.15) is 22.3 Å². The van der Waals surface area contributed by atoms with Crippen LogP contribution in [0.5, 0.6) is 0 Å². The minimum Gasteiger partial charge on any atom is -0.208 e. The molecule has 0 aliphatic heterocycles. The molecule has 0 aliphatic rings. The third-order valence-corrected chi connectivity index (χ3v) is 7.04. The van der Waals surface area contributed by atoms with Crippen LogP contribution in [0.3, 0.4) is 0 Å². The molecule has 0 spiro atoms. The predicted molar refractivity (Wildman–Crippen MR) is 166 cm³/mol. The standard InChI is InChI=1S/C37H31N3/c1-24-10-8-14-29(16-24)31-18-26(3)20-33(22-31)36-38-35(28-12-6-5-7-13-28)39-37(40-36)34-21-27(4)19-32(23-34)30-15-9-11-25(2)17-30/h5-23H,1-4H3. The van der Waals surface area contributed by atoms with E-state index in [1.807, 2.05) is 30.3 Å². The summed E-state index contributed by atoms with van der Waals surface area (Å²) in [6, 6.07) is 40.4. The fourth-order valence-corrected chi connectivity index (χ4v) is 5.16. The number of aryl methyl sites for hydroxylation is 4. The Morgan fingerprint density at radius 1 is 0.300 bits per heavy atom. The Kier molecular flexibility index (Phi) is 6.79. The summed E-state index contributed by atoms with van der Waals surface area (Å²) < 4.78 is 0. The summed E-state index contributed by atoms with van der Waals surface area (Å²) in [5.74, 6) is 2.00. The molecular weight excluding hydrogens is 486 g/mol. The van der Waals surface area contributed by atoms with Gasteiger partial charge in [-0.25, -0.2) is 15.0 Å². The first-order chi connectivity index (χ1) is 19.4. The minimum atomic E-state index is 0.665. The Bertz CT molecular complexity index is 1720. The van der Waals surface area contributed by atoms with Crippen molar-refractivity contribution in [2.45, 2.75) is 27.7 Å². The lowest BCUT2D eigenvalue weighted by Crippen LogP contribution is -2.01. The number of aromatic nitrogens is 3. The van der Waals surface area contributed by atoms with Crippen LogP contribution in [0.2, 0.25) is 0 Å². The van der Waals surface area contributed by atoms with Crippen molar-refractivity contribution < 1.29 is 0 Å². The van der Waals surface area contributed by atoms with E-state index >= 15 is 0 Å². The third kappa shape index (κ3) is 5.45. The molecule has 40 heavy (non-hydrogen) atoms. The highest BCUT2D eigenvalue weighted by atomic mass is 15.0. The van der Waals surface area contributed by atoms with Crippen LogP contribution in [-0.4, -0.2) is 15.0 Å². The number of nitrogens with zero attached hydrogens (tertiary/aromatic N) is 3. The van der Waals surface area contributed by atoms with E-state index in [0.29, 0.717) is 17.5 Å². The molecule has 0 aliphatic carbocycles. The van der Waals surface area contributed by atoms with Crippen molar-refractivity contribution in [2.75, 3.05) is 0 Å². The Morgan fingerprint density at radius 3 is 1.12 bits per heavy atom. The summed E-state index contributed by atoms with van der Waals surface area (Å²) in [4.78, 5) is 15.0. The van der Waals surface area contributed by atoms with E-state index < -0.39 is 0 Å². The van der Waals surface area contributed by atoms with Crippen molar-refractivity contribution >= 4 is 0 Å². The van der Waals surface area contributed by atoms with Gasteiger partial charge in [0.15, 0.2) is 17.5 Å². The molecule has 1 heterocycles. The average molecular weight is 518 g/mol. The van der Waals surface area contributed by atoms with E-state index in [9.17, 15) is 0 Å². The molecule has 194 valence electrons. The lowest BCUT2D eigenvalue weighted by molar-refractivity contribution is 1.07. The Labute approximate surface area is 236 Å². The number of hydrogen-bond donors (Lipinski definition) is 0. The summed E-state index contributed by atoms with van der Waals surface area (Å²) in [5.41, 5.74) is 12.4. The molecule has 0 saturated heterocycles. The average Bonchev–Trinajstić information content (AvgIpc) is 2.97. The van der Waals surface area contributed by atoms with Crippen LogP contribution in [0, 0.1) is 27.7 Å². The highest BCUT2D eigenvalue weighted by Crippen LogP contribution is 2.32. The monoisotopic (exact) mass is 517 g/mol. The molecule has 0 N–H and O–H groups in total. The van der Waals surface area contributed by atoms with E-state index in [4.69, 9.17) is 15.0 Å². The third-order valence-electron chi connectivity index (χ3n) is 7.04. The second-order valence-electron chi connectivity index (χ2n) is 10.6. The first-order valence-corrected chi connectivity index (χ1v) is 13.6. The molecule has 6 aromatic rings. The molecule has 5 aromatic carbocycles. The number of benzene rings is 5. The van der Waals surface area contributed by atoms with Crippen LogP contribution in [-0.2, 0) is 0 Å². The fraction of sp³-hybridized carbons (Fsp3) is 0.108. The van der Waals surface area contributed by atoms with Crippen molar-refractivity contribution in [3.8, 4) is 56.4 Å². The van der Waals surface area contributed by atoms with Gasteiger partial charge in [-0.05, 0) is 85.3 Å². The quantitative estimate of drug-likeness (QED) is 0.229. The normalized spacial score (nSPS) is 11.0. The van der Waals surface area contributed by atoms with Crippen molar-refractivity contribution in [1.29, 1.82) is 0 Å². The second-order valence-corrected chi connectivity index (χ2v) is 10.6. The maximum Gasteiger partial charge on any atom is 0.164 e. The summed E-state index contributed by atoms with van der Waals surface area (Å²) in [7, 11) is 0. The molecule has 0 fully saturated rings. The Morgan fingerprint density at radius 2 is 0.675 bits per heavy atom. The lowest BCUT2D eigenvalue weighted by atomic mass is 9.98. The highest BCUT2D eigenvalue weighted by Gasteiger charge is 2.15. The van der Waals surface area contributed by atoms with Gasteiger partial charge in [-0.3, -0.25) is 0 Å². The van der Waals surface area contributed by atoms with E-state index in [2.05, 4.69) is 113 Å². The van der Waals surface area contributed by atoms with Crippen molar-refractivity contribution in [2.24, 2.45) is 0 Å². The van der Waals surface area contributed by atoms with Gasteiger partial charge in [0.2, 0.25) is 0 Å².